The van der Waals surface area contributed by atoms with Gasteiger partial charge in [-0.15, -0.1) is 0 Å². The van der Waals surface area contributed by atoms with Gasteiger partial charge in [0.25, 0.3) is 11.8 Å². The molecule has 16 heteroatoms. The summed E-state index contributed by atoms with van der Waals surface area (Å²) in [6, 6.07) is 2.03. The summed E-state index contributed by atoms with van der Waals surface area (Å²) in [5.41, 5.74) is -0.413. The maximum Gasteiger partial charge on any atom is 0.389 e. The molecule has 3 atom stereocenters. The molecule has 1 aliphatic heterocycles. The molecule has 4 amide bonds. The summed E-state index contributed by atoms with van der Waals surface area (Å²) in [4.78, 5) is 67.0. The summed E-state index contributed by atoms with van der Waals surface area (Å²) in [7, 11) is 0. The van der Waals surface area contributed by atoms with E-state index in [2.05, 4.69) is 36.4 Å². The maximum absolute atomic E-state index is 13.2. The van der Waals surface area contributed by atoms with E-state index in [1.54, 1.807) is 6.92 Å². The van der Waals surface area contributed by atoms with Gasteiger partial charge in [0.05, 0.1) is 30.3 Å². The van der Waals surface area contributed by atoms with E-state index in [1.807, 2.05) is 0 Å². The highest BCUT2D eigenvalue weighted by Gasteiger charge is 2.36. The number of alkyl halides is 3. The molecule has 39 heavy (non-hydrogen) atoms. The highest BCUT2D eigenvalue weighted by Crippen LogP contribution is 2.25. The first kappa shape index (κ1) is 29.5. The van der Waals surface area contributed by atoms with Gasteiger partial charge >= 0.3 is 6.18 Å². The van der Waals surface area contributed by atoms with Crippen LogP contribution < -0.4 is 21.3 Å². The van der Waals surface area contributed by atoms with Gasteiger partial charge in [-0.25, -0.2) is 4.98 Å². The Bertz CT molecular complexity index is 1240. The van der Waals surface area contributed by atoms with Gasteiger partial charge in [0.15, 0.2) is 0 Å². The Hall–Kier alpha value is -4.01. The summed E-state index contributed by atoms with van der Waals surface area (Å²) in [6.45, 7) is 1.60. The quantitative estimate of drug-likeness (QED) is 0.255. The highest BCUT2D eigenvalue weighted by atomic mass is 35.5. The Morgan fingerprint density at radius 1 is 1.23 bits per heavy atom. The molecule has 2 heterocycles. The molecule has 1 fully saturated rings. The van der Waals surface area contributed by atoms with Crippen molar-refractivity contribution < 1.29 is 37.1 Å². The van der Waals surface area contributed by atoms with Gasteiger partial charge in [-0.3, -0.25) is 29.1 Å². The van der Waals surface area contributed by atoms with Crippen LogP contribution in [0.15, 0.2) is 24.5 Å². The van der Waals surface area contributed by atoms with Crippen molar-refractivity contribution in [1.29, 1.82) is 0 Å². The normalized spacial score (nSPS) is 17.7. The van der Waals surface area contributed by atoms with Gasteiger partial charge in [0.1, 0.15) is 12.2 Å². The van der Waals surface area contributed by atoms with E-state index in [4.69, 9.17) is 11.6 Å². The minimum Gasteiger partial charge on any atom is -0.353 e. The van der Waals surface area contributed by atoms with Gasteiger partial charge < -0.3 is 21.3 Å². The van der Waals surface area contributed by atoms with E-state index in [9.17, 15) is 37.1 Å². The van der Waals surface area contributed by atoms with Crippen molar-refractivity contribution in [2.24, 2.45) is 5.92 Å². The maximum atomic E-state index is 13.2. The minimum absolute atomic E-state index is 0.0603. The van der Waals surface area contributed by atoms with E-state index in [-0.39, 0.29) is 47.0 Å². The molecule has 0 bridgehead atoms. The number of aromatic nitrogens is 3. The SMILES string of the molecule is C[C@@H]1C[C@@H](C[C@H](NC(=O)c2cc(Cl)ccc2NC(=O)CCC(F)(F)F)C(=O)C(=O)NCc2ncn[nH]2)C(=O)N1. The first-order valence-corrected chi connectivity index (χ1v) is 12.1. The van der Waals surface area contributed by atoms with Crippen LogP contribution in [-0.2, 0) is 25.7 Å². The van der Waals surface area contributed by atoms with E-state index >= 15 is 0 Å². The number of nitrogens with one attached hydrogen (secondary N) is 5. The molecule has 3 rings (SSSR count). The van der Waals surface area contributed by atoms with Crippen molar-refractivity contribution >= 4 is 46.7 Å². The summed E-state index contributed by atoms with van der Waals surface area (Å²) in [5.74, 6) is -4.82. The molecule has 1 saturated heterocycles. The average molecular weight is 572 g/mol. The van der Waals surface area contributed by atoms with Crippen LogP contribution in [0.4, 0.5) is 18.9 Å². The number of halogens is 4. The second kappa shape index (κ2) is 12.7. The van der Waals surface area contributed by atoms with E-state index in [1.165, 1.54) is 18.5 Å². The van der Waals surface area contributed by atoms with Gasteiger partial charge in [-0.1, -0.05) is 11.6 Å². The van der Waals surface area contributed by atoms with E-state index in [0.717, 1.165) is 6.07 Å². The molecule has 0 spiro atoms. The van der Waals surface area contributed by atoms with Gasteiger partial charge in [0, 0.05) is 23.4 Å². The van der Waals surface area contributed by atoms with Crippen LogP contribution in [0.1, 0.15) is 48.8 Å². The molecule has 1 aromatic heterocycles. The Morgan fingerprint density at radius 3 is 2.59 bits per heavy atom. The summed E-state index contributed by atoms with van der Waals surface area (Å²) in [5, 5.41) is 15.9. The Labute approximate surface area is 224 Å². The third-order valence-electron chi connectivity index (χ3n) is 5.78. The molecule has 2 aromatic rings. The number of aromatic amines is 1. The Balaban J connectivity index is 1.78. The van der Waals surface area contributed by atoms with Crippen LogP contribution >= 0.6 is 11.6 Å². The largest absolute Gasteiger partial charge is 0.389 e. The third-order valence-corrected chi connectivity index (χ3v) is 6.02. The van der Waals surface area contributed by atoms with Gasteiger partial charge in [0.2, 0.25) is 17.6 Å². The summed E-state index contributed by atoms with van der Waals surface area (Å²) >= 11 is 5.99. The van der Waals surface area contributed by atoms with E-state index < -0.39 is 54.5 Å². The molecule has 1 aromatic carbocycles. The lowest BCUT2D eigenvalue weighted by Gasteiger charge is -2.21. The number of anilines is 1. The van der Waals surface area contributed by atoms with Crippen molar-refractivity contribution in [2.75, 3.05) is 5.32 Å². The van der Waals surface area contributed by atoms with Crippen LogP contribution in [0.25, 0.3) is 0 Å². The van der Waals surface area contributed by atoms with E-state index in [0.29, 0.717) is 6.42 Å². The Kier molecular flexibility index (Phi) is 9.61. The third kappa shape index (κ3) is 8.77. The molecule has 12 nitrogen and oxygen atoms in total. The van der Waals surface area contributed by atoms with Crippen LogP contribution in [0.5, 0.6) is 0 Å². The zero-order valence-electron chi connectivity index (χ0n) is 20.5. The number of H-pyrrole nitrogens is 1. The molecular formula is C23H25ClF3N7O5. The number of hydrogen-bond acceptors (Lipinski definition) is 7. The lowest BCUT2D eigenvalue weighted by Crippen LogP contribution is -2.49. The average Bonchev–Trinajstić information content (AvgIpc) is 3.49. The van der Waals surface area contributed by atoms with Crippen LogP contribution in [0.3, 0.4) is 0 Å². The molecular weight excluding hydrogens is 547 g/mol. The number of carbonyl (C=O) groups excluding carboxylic acids is 5. The minimum atomic E-state index is -4.55. The predicted octanol–water partition coefficient (Wildman–Crippen LogP) is 1.64. The number of rotatable bonds is 11. The number of amides is 4. The Morgan fingerprint density at radius 2 is 1.97 bits per heavy atom. The fourth-order valence-electron chi connectivity index (χ4n) is 3.92. The molecule has 0 aliphatic carbocycles. The second-order valence-electron chi connectivity index (χ2n) is 8.94. The summed E-state index contributed by atoms with van der Waals surface area (Å²) < 4.78 is 37.5. The number of benzene rings is 1. The number of ketones is 1. The zero-order valence-corrected chi connectivity index (χ0v) is 21.3. The van der Waals surface area contributed by atoms with Crippen molar-refractivity contribution in [1.82, 2.24) is 31.1 Å². The standard InChI is InChI=1S/C23H25ClF3N7O5/c1-11-6-12(20(37)31-11)7-16(19(36)22(39)28-9-17-29-10-30-34-17)33-21(38)14-8-13(24)2-3-15(14)32-18(35)4-5-23(25,26)27/h2-3,8,10-12,16H,4-7,9H2,1H3,(H,28,39)(H,31,37)(H,32,35)(H,33,38)(H,29,30,34)/t11-,12+,16+/m1/s1. The molecule has 0 unspecified atom stereocenters. The number of hydrogen-bond donors (Lipinski definition) is 5. The van der Waals surface area contributed by atoms with Crippen molar-refractivity contribution in [3.05, 3.63) is 40.9 Å². The van der Waals surface area contributed by atoms with Crippen LogP contribution in [0.2, 0.25) is 5.02 Å². The number of nitrogens with zero attached hydrogens (tertiary/aromatic N) is 2. The summed E-state index contributed by atoms with van der Waals surface area (Å²) in [6.07, 6.45) is -5.44. The first-order chi connectivity index (χ1) is 18.3. The predicted molar refractivity (Wildman–Crippen MR) is 130 cm³/mol. The first-order valence-electron chi connectivity index (χ1n) is 11.8. The fraction of sp³-hybridized carbons (Fsp3) is 0.435. The van der Waals surface area contributed by atoms with Crippen LogP contribution in [0, 0.1) is 5.92 Å². The van der Waals surface area contributed by atoms with Crippen molar-refractivity contribution in [3.63, 3.8) is 0 Å². The fourth-order valence-corrected chi connectivity index (χ4v) is 4.09. The highest BCUT2D eigenvalue weighted by molar-refractivity contribution is 6.38. The molecule has 0 radical (unpaired) electrons. The second-order valence-corrected chi connectivity index (χ2v) is 9.37. The van der Waals surface area contributed by atoms with Crippen molar-refractivity contribution in [3.8, 4) is 0 Å². The van der Waals surface area contributed by atoms with Crippen molar-refractivity contribution in [2.45, 2.75) is 57.4 Å². The molecule has 1 aliphatic rings. The number of carbonyl (C=O) groups is 5. The van der Waals surface area contributed by atoms with Gasteiger partial charge in [-0.2, -0.15) is 18.3 Å². The topological polar surface area (TPSA) is 175 Å². The lowest BCUT2D eigenvalue weighted by molar-refractivity contribution is -0.142. The zero-order chi connectivity index (χ0) is 28.7. The lowest BCUT2D eigenvalue weighted by atomic mass is 9.93. The van der Waals surface area contributed by atoms with Gasteiger partial charge in [-0.05, 0) is 38.0 Å². The molecule has 5 N–H and O–H groups in total. The smallest absolute Gasteiger partial charge is 0.353 e. The number of Topliss-reactive ketones (excluding diaryl/α,β-unsaturated/α-hetero) is 1. The monoisotopic (exact) mass is 571 g/mol. The molecule has 0 saturated carbocycles. The molecule has 210 valence electrons. The van der Waals surface area contributed by atoms with Crippen LogP contribution in [-0.4, -0.2) is 62.9 Å².